The van der Waals surface area contributed by atoms with Crippen LogP contribution in [-0.2, 0) is 22.5 Å². The number of piperidine rings is 1. The van der Waals surface area contributed by atoms with Gasteiger partial charge >= 0.3 is 5.97 Å². The molecule has 0 aliphatic carbocycles. The number of benzene rings is 2. The zero-order valence-electron chi connectivity index (χ0n) is 16.9. The predicted molar refractivity (Wildman–Crippen MR) is 114 cm³/mol. The van der Waals surface area contributed by atoms with Gasteiger partial charge in [0.15, 0.2) is 0 Å². The van der Waals surface area contributed by atoms with Crippen molar-refractivity contribution < 1.29 is 14.3 Å². The Bertz CT molecular complexity index is 836. The van der Waals surface area contributed by atoms with Crippen LogP contribution in [0.4, 0.5) is 0 Å². The van der Waals surface area contributed by atoms with E-state index < -0.39 is 0 Å². The zero-order valence-corrected chi connectivity index (χ0v) is 17.7. The fourth-order valence-corrected chi connectivity index (χ4v) is 3.88. The van der Waals surface area contributed by atoms with E-state index in [0.717, 1.165) is 36.9 Å². The maximum absolute atomic E-state index is 13.3. The Morgan fingerprint density at radius 1 is 1.07 bits per heavy atom. The van der Waals surface area contributed by atoms with E-state index in [9.17, 15) is 9.59 Å². The Balaban J connectivity index is 1.79. The first-order chi connectivity index (χ1) is 14.0. The van der Waals surface area contributed by atoms with Gasteiger partial charge in [0.05, 0.1) is 25.3 Å². The molecule has 1 fully saturated rings. The van der Waals surface area contributed by atoms with Gasteiger partial charge in [0.2, 0.25) is 5.91 Å². The summed E-state index contributed by atoms with van der Waals surface area (Å²) in [6, 6.07) is 14.7. The van der Waals surface area contributed by atoms with Gasteiger partial charge in [0.1, 0.15) is 0 Å². The highest BCUT2D eigenvalue weighted by Gasteiger charge is 2.29. The molecule has 154 valence electrons. The van der Waals surface area contributed by atoms with Crippen molar-refractivity contribution in [3.05, 3.63) is 70.2 Å². The lowest BCUT2D eigenvalue weighted by atomic mass is 10.0. The summed E-state index contributed by atoms with van der Waals surface area (Å²) in [5, 5.41) is 0.663. The summed E-state index contributed by atoms with van der Waals surface area (Å²) in [6.45, 7) is 1.49. The number of amides is 1. The summed E-state index contributed by atoms with van der Waals surface area (Å²) >= 11 is 5.97. The number of esters is 1. The number of carbonyl (C=O) groups is 2. The van der Waals surface area contributed by atoms with Crippen molar-refractivity contribution in [1.29, 1.82) is 0 Å². The number of hydrogen-bond donors (Lipinski definition) is 0. The van der Waals surface area contributed by atoms with Gasteiger partial charge in [0.25, 0.3) is 0 Å². The fraction of sp³-hybridized carbons (Fsp3) is 0.391. The minimum absolute atomic E-state index is 0.0730. The van der Waals surface area contributed by atoms with E-state index in [2.05, 4.69) is 11.9 Å². The number of likely N-dealkylation sites (tertiary alicyclic amines) is 1. The van der Waals surface area contributed by atoms with E-state index in [1.54, 1.807) is 12.1 Å². The van der Waals surface area contributed by atoms with Crippen molar-refractivity contribution in [2.24, 2.45) is 0 Å². The molecule has 1 aliphatic rings. The minimum Gasteiger partial charge on any atom is -0.465 e. The minimum atomic E-state index is -0.362. The third-order valence-corrected chi connectivity index (χ3v) is 5.66. The number of methoxy groups -OCH3 is 1. The van der Waals surface area contributed by atoms with Gasteiger partial charge in [-0.05, 0) is 68.2 Å². The van der Waals surface area contributed by atoms with Crippen molar-refractivity contribution in [2.75, 3.05) is 20.7 Å². The Labute approximate surface area is 177 Å². The highest BCUT2D eigenvalue weighted by Crippen LogP contribution is 2.22. The Kier molecular flexibility index (Phi) is 7.29. The number of rotatable bonds is 6. The smallest absolute Gasteiger partial charge is 0.337 e. The van der Waals surface area contributed by atoms with E-state index in [4.69, 9.17) is 16.3 Å². The third kappa shape index (κ3) is 5.58. The molecule has 5 nitrogen and oxygen atoms in total. The van der Waals surface area contributed by atoms with E-state index in [0.29, 0.717) is 23.6 Å². The van der Waals surface area contributed by atoms with Crippen LogP contribution in [0.3, 0.4) is 0 Å². The molecule has 1 aliphatic heterocycles. The second kappa shape index (κ2) is 9.90. The third-order valence-electron chi connectivity index (χ3n) is 5.41. The SMILES string of the molecule is COC(=O)c1ccc(CN(C(=O)Cc2ccc(Cl)cc2)C2CCCCN2C)cc1. The maximum atomic E-state index is 13.3. The van der Waals surface area contributed by atoms with Crippen LogP contribution in [0.25, 0.3) is 0 Å². The molecule has 2 aromatic carbocycles. The largest absolute Gasteiger partial charge is 0.465 e. The van der Waals surface area contributed by atoms with Crippen molar-refractivity contribution in [3.63, 3.8) is 0 Å². The highest BCUT2D eigenvalue weighted by atomic mass is 35.5. The topological polar surface area (TPSA) is 49.9 Å². The van der Waals surface area contributed by atoms with Gasteiger partial charge in [0, 0.05) is 11.6 Å². The van der Waals surface area contributed by atoms with E-state index in [1.165, 1.54) is 7.11 Å². The molecule has 2 aromatic rings. The maximum Gasteiger partial charge on any atom is 0.337 e. The molecule has 1 amide bonds. The number of carbonyl (C=O) groups excluding carboxylic acids is 2. The number of hydrogen-bond acceptors (Lipinski definition) is 4. The zero-order chi connectivity index (χ0) is 20.8. The monoisotopic (exact) mass is 414 g/mol. The quantitative estimate of drug-likeness (QED) is 0.666. The molecule has 1 saturated heterocycles. The molecule has 0 radical (unpaired) electrons. The van der Waals surface area contributed by atoms with Crippen molar-refractivity contribution in [3.8, 4) is 0 Å². The van der Waals surface area contributed by atoms with Gasteiger partial charge in [-0.2, -0.15) is 0 Å². The van der Waals surface area contributed by atoms with E-state index in [1.807, 2.05) is 41.3 Å². The molecule has 0 spiro atoms. The Morgan fingerprint density at radius 2 is 1.72 bits per heavy atom. The van der Waals surface area contributed by atoms with Crippen LogP contribution in [0, 0.1) is 0 Å². The van der Waals surface area contributed by atoms with Crippen LogP contribution >= 0.6 is 11.6 Å². The van der Waals surface area contributed by atoms with E-state index in [-0.39, 0.29) is 18.0 Å². The molecule has 1 heterocycles. The first kappa shape index (κ1) is 21.3. The Hall–Kier alpha value is -2.37. The lowest BCUT2D eigenvalue weighted by Gasteiger charge is -2.41. The Morgan fingerprint density at radius 3 is 2.34 bits per heavy atom. The van der Waals surface area contributed by atoms with Crippen molar-refractivity contribution in [1.82, 2.24) is 9.80 Å². The summed E-state index contributed by atoms with van der Waals surface area (Å²) in [6.07, 6.45) is 3.63. The first-order valence-corrected chi connectivity index (χ1v) is 10.3. The summed E-state index contributed by atoms with van der Waals surface area (Å²) < 4.78 is 4.76. The molecule has 3 rings (SSSR count). The van der Waals surface area contributed by atoms with Crippen LogP contribution in [0.1, 0.15) is 40.7 Å². The number of halogens is 1. The molecule has 0 saturated carbocycles. The summed E-state index contributed by atoms with van der Waals surface area (Å²) in [7, 11) is 3.44. The summed E-state index contributed by atoms with van der Waals surface area (Å²) in [4.78, 5) is 29.1. The second-order valence-electron chi connectivity index (χ2n) is 7.47. The van der Waals surface area contributed by atoms with E-state index >= 15 is 0 Å². The number of ether oxygens (including phenoxy) is 1. The fourth-order valence-electron chi connectivity index (χ4n) is 3.75. The van der Waals surface area contributed by atoms with Crippen LogP contribution in [0.5, 0.6) is 0 Å². The van der Waals surface area contributed by atoms with Crippen LogP contribution in [0.15, 0.2) is 48.5 Å². The first-order valence-electron chi connectivity index (χ1n) is 9.89. The molecule has 0 bridgehead atoms. The molecule has 1 atom stereocenters. The average Bonchev–Trinajstić information content (AvgIpc) is 2.74. The standard InChI is InChI=1S/C23H27ClN2O3/c1-25-14-4-3-5-21(25)26(22(27)15-17-8-12-20(24)13-9-17)16-18-6-10-19(11-7-18)23(28)29-2/h6-13,21H,3-5,14-16H2,1-2H3. The lowest BCUT2D eigenvalue weighted by Crippen LogP contribution is -2.51. The van der Waals surface area contributed by atoms with Crippen LogP contribution in [-0.4, -0.2) is 48.5 Å². The lowest BCUT2D eigenvalue weighted by molar-refractivity contribution is -0.138. The molecule has 0 N–H and O–H groups in total. The summed E-state index contributed by atoms with van der Waals surface area (Å²) in [5.41, 5.74) is 2.44. The highest BCUT2D eigenvalue weighted by molar-refractivity contribution is 6.30. The molecular formula is C23H27ClN2O3. The van der Waals surface area contributed by atoms with Crippen LogP contribution < -0.4 is 0 Å². The van der Waals surface area contributed by atoms with Gasteiger partial charge in [-0.1, -0.05) is 35.9 Å². The average molecular weight is 415 g/mol. The van der Waals surface area contributed by atoms with Crippen LogP contribution in [0.2, 0.25) is 5.02 Å². The predicted octanol–water partition coefficient (Wildman–Crippen LogP) is 4.14. The van der Waals surface area contributed by atoms with Gasteiger partial charge < -0.3 is 9.64 Å². The summed E-state index contributed by atoms with van der Waals surface area (Å²) in [5.74, 6) is -0.276. The molecule has 6 heteroatoms. The normalized spacial score (nSPS) is 17.0. The van der Waals surface area contributed by atoms with Gasteiger partial charge in [-0.3, -0.25) is 9.69 Å². The number of nitrogens with zero attached hydrogens (tertiary/aromatic N) is 2. The molecule has 0 aromatic heterocycles. The van der Waals surface area contributed by atoms with Gasteiger partial charge in [-0.15, -0.1) is 0 Å². The molecule has 29 heavy (non-hydrogen) atoms. The second-order valence-corrected chi connectivity index (χ2v) is 7.91. The molecular weight excluding hydrogens is 388 g/mol. The van der Waals surface area contributed by atoms with Crippen molar-refractivity contribution >= 4 is 23.5 Å². The van der Waals surface area contributed by atoms with Crippen molar-refractivity contribution in [2.45, 2.75) is 38.4 Å². The van der Waals surface area contributed by atoms with Gasteiger partial charge in [-0.25, -0.2) is 4.79 Å². The molecule has 1 unspecified atom stereocenters.